The molecule has 1 rings (SSSR count). The van der Waals surface area contributed by atoms with Gasteiger partial charge in [0.2, 0.25) is 0 Å². The average Bonchev–Trinajstić information content (AvgIpc) is 2.29. The molecule has 5 nitrogen and oxygen atoms in total. The summed E-state index contributed by atoms with van der Waals surface area (Å²) < 4.78 is 0. The van der Waals surface area contributed by atoms with Crippen molar-refractivity contribution in [2.24, 2.45) is 0 Å². The summed E-state index contributed by atoms with van der Waals surface area (Å²) in [6.07, 6.45) is 2.35. The van der Waals surface area contributed by atoms with Crippen LogP contribution in [0.4, 0.5) is 11.6 Å². The van der Waals surface area contributed by atoms with Gasteiger partial charge in [0.05, 0.1) is 0 Å². The van der Waals surface area contributed by atoms with Gasteiger partial charge in [-0.25, -0.2) is 9.97 Å². The van der Waals surface area contributed by atoms with Crippen LogP contribution in [-0.2, 0) is 6.42 Å². The second kappa shape index (κ2) is 6.27. The lowest BCUT2D eigenvalue weighted by molar-refractivity contribution is 0.367. The zero-order chi connectivity index (χ0) is 12.0. The topological polar surface area (TPSA) is 67.1 Å². The minimum Gasteiger partial charge on any atom is -0.383 e. The monoisotopic (exact) mass is 223 g/mol. The predicted molar refractivity (Wildman–Crippen MR) is 67.5 cm³/mol. The number of nitrogens with two attached hydrogens (primary N) is 1. The van der Waals surface area contributed by atoms with Crippen molar-refractivity contribution in [3.8, 4) is 0 Å². The van der Waals surface area contributed by atoms with Crippen LogP contribution in [0.1, 0.15) is 19.4 Å². The quantitative estimate of drug-likeness (QED) is 0.752. The zero-order valence-corrected chi connectivity index (χ0v) is 10.3. The molecule has 0 saturated carbocycles. The third-order valence-corrected chi connectivity index (χ3v) is 2.66. The number of rotatable bonds is 6. The van der Waals surface area contributed by atoms with Crippen LogP contribution < -0.4 is 11.1 Å². The summed E-state index contributed by atoms with van der Waals surface area (Å²) in [6.45, 7) is 7.10. The number of likely N-dealkylation sites (N-methyl/N-ethyl adjacent to an activating group) is 1. The van der Waals surface area contributed by atoms with Crippen molar-refractivity contribution in [1.82, 2.24) is 14.9 Å². The Bertz CT molecular complexity index is 326. The molecule has 0 bridgehead atoms. The molecular formula is C11H21N5. The van der Waals surface area contributed by atoms with Crippen LogP contribution >= 0.6 is 0 Å². The van der Waals surface area contributed by atoms with Gasteiger partial charge in [-0.1, -0.05) is 13.8 Å². The van der Waals surface area contributed by atoms with Crippen LogP contribution in [0, 0.1) is 0 Å². The lowest BCUT2D eigenvalue weighted by atomic mass is 10.2. The normalized spacial score (nSPS) is 10.8. The van der Waals surface area contributed by atoms with Gasteiger partial charge in [0.15, 0.2) is 0 Å². The first-order valence-corrected chi connectivity index (χ1v) is 5.70. The van der Waals surface area contributed by atoms with Crippen LogP contribution in [0.15, 0.2) is 6.33 Å². The van der Waals surface area contributed by atoms with Gasteiger partial charge in [-0.3, -0.25) is 0 Å². The summed E-state index contributed by atoms with van der Waals surface area (Å²) in [5.41, 5.74) is 6.79. The fraction of sp³-hybridized carbons (Fsp3) is 0.636. The maximum absolute atomic E-state index is 5.79. The highest BCUT2D eigenvalue weighted by atomic mass is 15.1. The van der Waals surface area contributed by atoms with Crippen molar-refractivity contribution < 1.29 is 0 Å². The molecule has 0 unspecified atom stereocenters. The minimum absolute atomic E-state index is 0.573. The molecule has 0 aliphatic carbocycles. The van der Waals surface area contributed by atoms with E-state index in [-0.39, 0.29) is 0 Å². The molecule has 1 aromatic heterocycles. The van der Waals surface area contributed by atoms with Crippen LogP contribution in [0.25, 0.3) is 0 Å². The number of nitrogens with zero attached hydrogens (tertiary/aromatic N) is 3. The van der Waals surface area contributed by atoms with Crippen molar-refractivity contribution in [2.45, 2.75) is 20.3 Å². The van der Waals surface area contributed by atoms with Crippen LogP contribution in [-0.4, -0.2) is 41.5 Å². The molecule has 0 fully saturated rings. The van der Waals surface area contributed by atoms with Gasteiger partial charge in [0.25, 0.3) is 0 Å². The number of aromatic nitrogens is 2. The van der Waals surface area contributed by atoms with E-state index in [1.54, 1.807) is 0 Å². The van der Waals surface area contributed by atoms with E-state index in [0.29, 0.717) is 5.82 Å². The van der Waals surface area contributed by atoms with E-state index in [1.807, 2.05) is 0 Å². The van der Waals surface area contributed by atoms with Gasteiger partial charge in [-0.15, -0.1) is 0 Å². The Kier molecular flexibility index (Phi) is 4.98. The van der Waals surface area contributed by atoms with E-state index in [4.69, 9.17) is 5.73 Å². The second-order valence-corrected chi connectivity index (χ2v) is 3.76. The van der Waals surface area contributed by atoms with E-state index in [0.717, 1.165) is 37.4 Å². The molecule has 5 heteroatoms. The number of hydrogen-bond donors (Lipinski definition) is 2. The molecule has 0 spiro atoms. The van der Waals surface area contributed by atoms with E-state index in [9.17, 15) is 0 Å². The zero-order valence-electron chi connectivity index (χ0n) is 10.3. The molecule has 0 amide bonds. The Balaban J connectivity index is 2.56. The van der Waals surface area contributed by atoms with Gasteiger partial charge >= 0.3 is 0 Å². The Morgan fingerprint density at radius 1 is 1.38 bits per heavy atom. The lowest BCUT2D eigenvalue weighted by Crippen LogP contribution is -2.25. The van der Waals surface area contributed by atoms with Crippen molar-refractivity contribution >= 4 is 11.6 Å². The van der Waals surface area contributed by atoms with Gasteiger partial charge in [-0.05, 0) is 20.0 Å². The number of anilines is 2. The largest absolute Gasteiger partial charge is 0.383 e. The van der Waals surface area contributed by atoms with Crippen molar-refractivity contribution in [2.75, 3.05) is 37.7 Å². The number of nitrogens with one attached hydrogen (secondary N) is 1. The van der Waals surface area contributed by atoms with Crippen LogP contribution in [0.2, 0.25) is 0 Å². The summed E-state index contributed by atoms with van der Waals surface area (Å²) in [6, 6.07) is 0. The summed E-state index contributed by atoms with van der Waals surface area (Å²) >= 11 is 0. The second-order valence-electron chi connectivity index (χ2n) is 3.76. The molecule has 90 valence electrons. The Morgan fingerprint density at radius 3 is 2.75 bits per heavy atom. The molecule has 0 saturated heterocycles. The van der Waals surface area contributed by atoms with Gasteiger partial charge < -0.3 is 16.0 Å². The van der Waals surface area contributed by atoms with E-state index >= 15 is 0 Å². The summed E-state index contributed by atoms with van der Waals surface area (Å²) in [7, 11) is 2.09. The third-order valence-electron chi connectivity index (χ3n) is 2.66. The van der Waals surface area contributed by atoms with Crippen molar-refractivity contribution in [1.29, 1.82) is 0 Å². The third kappa shape index (κ3) is 3.34. The molecule has 0 aliphatic rings. The summed E-state index contributed by atoms with van der Waals surface area (Å²) in [4.78, 5) is 10.4. The molecule has 1 aromatic rings. The highest BCUT2D eigenvalue weighted by Crippen LogP contribution is 2.16. The highest BCUT2D eigenvalue weighted by molar-refractivity contribution is 5.54. The molecule has 3 N–H and O–H groups in total. The maximum Gasteiger partial charge on any atom is 0.134 e. The Morgan fingerprint density at radius 2 is 2.12 bits per heavy atom. The van der Waals surface area contributed by atoms with Gasteiger partial charge in [-0.2, -0.15) is 0 Å². The first-order chi connectivity index (χ1) is 7.69. The van der Waals surface area contributed by atoms with Crippen LogP contribution in [0.3, 0.4) is 0 Å². The van der Waals surface area contributed by atoms with Gasteiger partial charge in [0, 0.05) is 18.7 Å². The fourth-order valence-electron chi connectivity index (χ4n) is 1.45. The van der Waals surface area contributed by atoms with E-state index in [1.165, 1.54) is 6.33 Å². The molecule has 1 heterocycles. The standard InChI is InChI=1S/C11H21N5/c1-4-9-10(12)14-8-15-11(9)13-6-7-16(3)5-2/h8H,4-7H2,1-3H3,(H3,12,13,14,15). The van der Waals surface area contributed by atoms with E-state index < -0.39 is 0 Å². The molecule has 0 radical (unpaired) electrons. The Hall–Kier alpha value is -1.36. The smallest absolute Gasteiger partial charge is 0.134 e. The summed E-state index contributed by atoms with van der Waals surface area (Å²) in [5.74, 6) is 1.43. The van der Waals surface area contributed by atoms with E-state index in [2.05, 4.69) is 41.1 Å². The predicted octanol–water partition coefficient (Wildman–Crippen LogP) is 0.985. The first kappa shape index (κ1) is 12.7. The molecule has 16 heavy (non-hydrogen) atoms. The van der Waals surface area contributed by atoms with Gasteiger partial charge in [0.1, 0.15) is 18.0 Å². The fourth-order valence-corrected chi connectivity index (χ4v) is 1.45. The first-order valence-electron chi connectivity index (χ1n) is 5.70. The van der Waals surface area contributed by atoms with Crippen molar-refractivity contribution in [3.05, 3.63) is 11.9 Å². The molecular weight excluding hydrogens is 202 g/mol. The van der Waals surface area contributed by atoms with Crippen LogP contribution in [0.5, 0.6) is 0 Å². The Labute approximate surface area is 97.1 Å². The molecule has 0 aliphatic heterocycles. The molecule has 0 atom stereocenters. The lowest BCUT2D eigenvalue weighted by Gasteiger charge is -2.15. The SMILES string of the molecule is CCc1c(N)ncnc1NCCN(C)CC. The number of hydrogen-bond acceptors (Lipinski definition) is 5. The minimum atomic E-state index is 0.573. The molecule has 0 aromatic carbocycles. The number of nitrogen functional groups attached to an aromatic ring is 1. The van der Waals surface area contributed by atoms with Crippen molar-refractivity contribution in [3.63, 3.8) is 0 Å². The highest BCUT2D eigenvalue weighted by Gasteiger charge is 2.06. The average molecular weight is 223 g/mol. The maximum atomic E-state index is 5.79. The summed E-state index contributed by atoms with van der Waals surface area (Å²) in [5, 5.41) is 3.30.